The number of hydrogen-bond donors (Lipinski definition) is 0. The molecule has 0 aliphatic carbocycles. The van der Waals surface area contributed by atoms with E-state index in [1.807, 2.05) is 50.2 Å². The fraction of sp³-hybridized carbons (Fsp3) is 0.263. The van der Waals surface area contributed by atoms with Crippen LogP contribution in [0.4, 0.5) is 0 Å². The Labute approximate surface area is 156 Å². The van der Waals surface area contributed by atoms with Gasteiger partial charge in [-0.2, -0.15) is 5.26 Å². The molecule has 0 atom stereocenters. The summed E-state index contributed by atoms with van der Waals surface area (Å²) >= 11 is 5.92. The Hall–Kier alpha value is -2.91. The van der Waals surface area contributed by atoms with Gasteiger partial charge in [-0.1, -0.05) is 23.7 Å². The van der Waals surface area contributed by atoms with E-state index in [0.717, 1.165) is 29.4 Å². The third kappa shape index (κ3) is 3.84. The van der Waals surface area contributed by atoms with Gasteiger partial charge >= 0.3 is 0 Å². The number of carbonyl (C=O) groups is 1. The molecular weight excluding hydrogens is 350 g/mol. The fourth-order valence-electron chi connectivity index (χ4n) is 2.97. The van der Waals surface area contributed by atoms with Crippen molar-refractivity contribution in [1.29, 1.82) is 5.26 Å². The molecule has 0 amide bonds. The predicted molar refractivity (Wildman–Crippen MR) is 98.1 cm³/mol. The van der Waals surface area contributed by atoms with E-state index in [9.17, 15) is 4.79 Å². The number of Topliss-reactive ketones (excluding diaryl/α,β-unsaturated/α-hetero) is 1. The fourth-order valence-corrected chi connectivity index (χ4v) is 3.10. The molecule has 0 fully saturated rings. The molecule has 7 heteroatoms. The molecule has 3 rings (SSSR count). The zero-order chi connectivity index (χ0) is 18.7. The van der Waals surface area contributed by atoms with Crippen molar-refractivity contribution >= 4 is 17.4 Å². The number of benzene rings is 1. The molecule has 26 heavy (non-hydrogen) atoms. The van der Waals surface area contributed by atoms with Crippen LogP contribution in [-0.4, -0.2) is 25.1 Å². The predicted octanol–water partition coefficient (Wildman–Crippen LogP) is 3.35. The molecule has 0 unspecified atom stereocenters. The number of halogens is 1. The largest absolute Gasteiger partial charge is 0.348 e. The third-order valence-corrected chi connectivity index (χ3v) is 4.61. The summed E-state index contributed by atoms with van der Waals surface area (Å²) in [6.45, 7) is 4.80. The van der Waals surface area contributed by atoms with E-state index in [-0.39, 0.29) is 18.2 Å². The number of aryl methyl sites for hydroxylation is 2. The van der Waals surface area contributed by atoms with Crippen LogP contribution < -0.4 is 0 Å². The molecule has 0 N–H and O–H groups in total. The van der Waals surface area contributed by atoms with E-state index in [1.165, 1.54) is 16.6 Å². The summed E-state index contributed by atoms with van der Waals surface area (Å²) in [5.74, 6) is 0.0106. The van der Waals surface area contributed by atoms with Crippen molar-refractivity contribution in [2.75, 3.05) is 0 Å². The molecule has 0 spiro atoms. The Morgan fingerprint density at radius 1 is 1.27 bits per heavy atom. The van der Waals surface area contributed by atoms with Gasteiger partial charge in [0.05, 0.1) is 0 Å². The minimum atomic E-state index is -0.0507. The van der Waals surface area contributed by atoms with Crippen molar-refractivity contribution in [3.63, 3.8) is 0 Å². The number of carbonyl (C=O) groups excluding carboxylic acids is 1. The molecular formula is C19H18ClN5O. The van der Waals surface area contributed by atoms with Gasteiger partial charge in [-0.05, 0) is 44.0 Å². The Morgan fingerprint density at radius 3 is 2.65 bits per heavy atom. The first kappa shape index (κ1) is 17.9. The average molecular weight is 368 g/mol. The quantitative estimate of drug-likeness (QED) is 0.626. The minimum absolute atomic E-state index is 0.0507. The van der Waals surface area contributed by atoms with Gasteiger partial charge < -0.3 is 4.57 Å². The number of nitrogens with zero attached hydrogens (tertiary/aromatic N) is 5. The van der Waals surface area contributed by atoms with E-state index in [2.05, 4.69) is 14.6 Å². The molecule has 0 aliphatic rings. The molecule has 2 heterocycles. The second kappa shape index (κ2) is 7.54. The molecule has 0 radical (unpaired) electrons. The van der Waals surface area contributed by atoms with Crippen LogP contribution in [0.25, 0.3) is 0 Å². The summed E-state index contributed by atoms with van der Waals surface area (Å²) in [6, 6.07) is 11.6. The molecule has 1 aromatic carbocycles. The van der Waals surface area contributed by atoms with Gasteiger partial charge in [-0.3, -0.25) is 4.79 Å². The van der Waals surface area contributed by atoms with Gasteiger partial charge in [0.15, 0.2) is 5.78 Å². The number of nitriles is 1. The van der Waals surface area contributed by atoms with Crippen molar-refractivity contribution in [2.24, 2.45) is 0 Å². The Balaban J connectivity index is 1.73. The van der Waals surface area contributed by atoms with Gasteiger partial charge in [-0.15, -0.1) is 5.10 Å². The minimum Gasteiger partial charge on any atom is -0.348 e. The van der Waals surface area contributed by atoms with Crippen LogP contribution in [0.5, 0.6) is 0 Å². The molecule has 0 saturated carbocycles. The standard InChI is InChI=1S/C19H18ClN5O/c1-13-9-17(18(26)11-24-12-22-19(10-21)23-24)14(2)25(13)8-7-15-3-5-16(20)6-4-15/h3-6,9,12H,7-8,11H2,1-2H3. The highest BCUT2D eigenvalue weighted by Crippen LogP contribution is 2.18. The van der Waals surface area contributed by atoms with Gasteiger partial charge in [0.1, 0.15) is 18.9 Å². The maximum absolute atomic E-state index is 12.6. The SMILES string of the molecule is Cc1cc(C(=O)Cn2cnc(C#N)n2)c(C)n1CCc1ccc(Cl)cc1. The molecule has 6 nitrogen and oxygen atoms in total. The van der Waals surface area contributed by atoms with Crippen LogP contribution in [-0.2, 0) is 19.5 Å². The Kier molecular flexibility index (Phi) is 5.19. The highest BCUT2D eigenvalue weighted by atomic mass is 35.5. The summed E-state index contributed by atoms with van der Waals surface area (Å²) in [5, 5.41) is 13.4. The normalized spacial score (nSPS) is 10.7. The first-order valence-corrected chi connectivity index (χ1v) is 8.59. The zero-order valence-electron chi connectivity index (χ0n) is 14.6. The molecule has 0 saturated heterocycles. The lowest BCUT2D eigenvalue weighted by Gasteiger charge is -2.10. The topological polar surface area (TPSA) is 76.5 Å². The van der Waals surface area contributed by atoms with Crippen molar-refractivity contribution in [3.05, 3.63) is 70.0 Å². The van der Waals surface area contributed by atoms with Crippen molar-refractivity contribution in [3.8, 4) is 6.07 Å². The molecule has 2 aromatic heterocycles. The second-order valence-electron chi connectivity index (χ2n) is 6.11. The highest BCUT2D eigenvalue weighted by Gasteiger charge is 2.16. The number of aromatic nitrogens is 4. The summed E-state index contributed by atoms with van der Waals surface area (Å²) in [5.41, 5.74) is 3.84. The maximum Gasteiger partial charge on any atom is 0.252 e. The van der Waals surface area contributed by atoms with Gasteiger partial charge in [-0.25, -0.2) is 9.67 Å². The monoisotopic (exact) mass is 367 g/mol. The Bertz CT molecular complexity index is 979. The lowest BCUT2D eigenvalue weighted by molar-refractivity contribution is 0.0967. The van der Waals surface area contributed by atoms with Crippen LogP contribution in [0.1, 0.15) is 33.1 Å². The van der Waals surface area contributed by atoms with Crippen LogP contribution in [0.3, 0.4) is 0 Å². The zero-order valence-corrected chi connectivity index (χ0v) is 15.4. The first-order chi connectivity index (χ1) is 12.5. The molecule has 132 valence electrons. The summed E-state index contributed by atoms with van der Waals surface area (Å²) in [7, 11) is 0. The van der Waals surface area contributed by atoms with Gasteiger partial charge in [0.25, 0.3) is 5.82 Å². The summed E-state index contributed by atoms with van der Waals surface area (Å²) in [6.07, 6.45) is 2.26. The van der Waals surface area contributed by atoms with Crippen molar-refractivity contribution < 1.29 is 4.79 Å². The van der Waals surface area contributed by atoms with E-state index in [4.69, 9.17) is 16.9 Å². The number of ketones is 1. The highest BCUT2D eigenvalue weighted by molar-refractivity contribution is 6.30. The Morgan fingerprint density at radius 2 is 2.00 bits per heavy atom. The van der Waals surface area contributed by atoms with Gasteiger partial charge in [0, 0.05) is 28.5 Å². The number of rotatable bonds is 6. The van der Waals surface area contributed by atoms with Crippen LogP contribution in [0.15, 0.2) is 36.7 Å². The first-order valence-electron chi connectivity index (χ1n) is 8.22. The van der Waals surface area contributed by atoms with Crippen LogP contribution in [0.2, 0.25) is 5.02 Å². The van der Waals surface area contributed by atoms with Crippen molar-refractivity contribution in [2.45, 2.75) is 33.4 Å². The van der Waals surface area contributed by atoms with E-state index < -0.39 is 0 Å². The van der Waals surface area contributed by atoms with E-state index >= 15 is 0 Å². The van der Waals surface area contributed by atoms with Crippen molar-refractivity contribution in [1.82, 2.24) is 19.3 Å². The maximum atomic E-state index is 12.6. The number of hydrogen-bond acceptors (Lipinski definition) is 4. The van der Waals surface area contributed by atoms with E-state index in [1.54, 1.807) is 0 Å². The van der Waals surface area contributed by atoms with Crippen LogP contribution in [0, 0.1) is 25.2 Å². The van der Waals surface area contributed by atoms with Gasteiger partial charge in [0.2, 0.25) is 0 Å². The average Bonchev–Trinajstić information content (AvgIpc) is 3.19. The molecule has 3 aromatic rings. The second-order valence-corrected chi connectivity index (χ2v) is 6.55. The molecule has 0 bridgehead atoms. The smallest absolute Gasteiger partial charge is 0.252 e. The molecule has 0 aliphatic heterocycles. The summed E-state index contributed by atoms with van der Waals surface area (Å²) < 4.78 is 3.53. The lowest BCUT2D eigenvalue weighted by atomic mass is 10.1. The third-order valence-electron chi connectivity index (χ3n) is 4.35. The summed E-state index contributed by atoms with van der Waals surface area (Å²) in [4.78, 5) is 16.4. The van der Waals surface area contributed by atoms with E-state index in [0.29, 0.717) is 5.56 Å². The lowest BCUT2D eigenvalue weighted by Crippen LogP contribution is -2.13. The van der Waals surface area contributed by atoms with Crippen LogP contribution >= 0.6 is 11.6 Å².